The molecule has 0 saturated heterocycles. The van der Waals surface area contributed by atoms with Gasteiger partial charge in [0.15, 0.2) is 0 Å². The largest absolute Gasteiger partial charge is 0.357 e. The number of nitrogens with one attached hydrogen (secondary N) is 1. The van der Waals surface area contributed by atoms with Gasteiger partial charge in [0.25, 0.3) is 10.0 Å². The Kier molecular flexibility index (Phi) is 10.2. The molecule has 0 heterocycles. The minimum Gasteiger partial charge on any atom is -0.357 e. The molecule has 0 saturated carbocycles. The first kappa shape index (κ1) is 31.0. The molecule has 0 aliphatic rings. The molecule has 4 rings (SSSR count). The zero-order valence-electron chi connectivity index (χ0n) is 23.8. The maximum absolute atomic E-state index is 14.3. The number of likely N-dealkylation sites (N-methyl/N-ethyl adjacent to an activating group) is 1. The molecule has 1 N–H and O–H groups in total. The molecule has 4 aromatic rings. The molecule has 2 amide bonds. The van der Waals surface area contributed by atoms with Gasteiger partial charge < -0.3 is 10.2 Å². The van der Waals surface area contributed by atoms with Gasteiger partial charge in [-0.15, -0.1) is 0 Å². The van der Waals surface area contributed by atoms with Crippen molar-refractivity contribution >= 4 is 43.5 Å². The van der Waals surface area contributed by atoms with E-state index in [9.17, 15) is 18.0 Å². The number of carbonyl (C=O) groups is 2. The molecule has 1 atom stereocenters. The topological polar surface area (TPSA) is 86.8 Å². The molecular formula is C33H34BrN3O4S. The summed E-state index contributed by atoms with van der Waals surface area (Å²) in [5, 5.41) is 2.70. The van der Waals surface area contributed by atoms with E-state index in [0.29, 0.717) is 10.2 Å². The SMILES string of the molecule is CNC(=O)[C@H](Cc1ccccc1)N(Cc1cccc(C)c1)C(=O)CN(c1cccc(Br)c1)S(=O)(=O)c1ccc(C)cc1. The third-order valence-electron chi connectivity index (χ3n) is 6.94. The lowest BCUT2D eigenvalue weighted by atomic mass is 10.0. The predicted octanol–water partition coefficient (Wildman–Crippen LogP) is 5.65. The lowest BCUT2D eigenvalue weighted by Crippen LogP contribution is -2.53. The van der Waals surface area contributed by atoms with Gasteiger partial charge in [-0.2, -0.15) is 0 Å². The molecule has 0 fully saturated rings. The fourth-order valence-electron chi connectivity index (χ4n) is 4.73. The molecule has 0 aliphatic carbocycles. The second-order valence-electron chi connectivity index (χ2n) is 10.1. The van der Waals surface area contributed by atoms with Gasteiger partial charge in [-0.1, -0.05) is 99.9 Å². The van der Waals surface area contributed by atoms with E-state index in [1.165, 1.54) is 24.1 Å². The summed E-state index contributed by atoms with van der Waals surface area (Å²) in [7, 11) is -2.61. The minimum atomic E-state index is -4.14. The van der Waals surface area contributed by atoms with E-state index in [0.717, 1.165) is 26.6 Å². The Morgan fingerprint density at radius 2 is 1.48 bits per heavy atom. The van der Waals surface area contributed by atoms with Gasteiger partial charge in [-0.05, 0) is 55.3 Å². The van der Waals surface area contributed by atoms with Crippen molar-refractivity contribution in [1.29, 1.82) is 0 Å². The third-order valence-corrected chi connectivity index (χ3v) is 9.22. The smallest absolute Gasteiger partial charge is 0.264 e. The Hall–Kier alpha value is -3.95. The Morgan fingerprint density at radius 1 is 0.810 bits per heavy atom. The molecule has 0 radical (unpaired) electrons. The van der Waals surface area contributed by atoms with Crippen LogP contribution in [0.5, 0.6) is 0 Å². The van der Waals surface area contributed by atoms with Gasteiger partial charge >= 0.3 is 0 Å². The van der Waals surface area contributed by atoms with Gasteiger partial charge in [0.1, 0.15) is 12.6 Å². The summed E-state index contributed by atoms with van der Waals surface area (Å²) < 4.78 is 29.8. The standard InChI is InChI=1S/C33H34BrN3O4S/c1-24-15-17-30(18-16-24)42(40,41)37(29-14-8-13-28(34)21-29)23-32(38)36(22-27-12-7-9-25(2)19-27)31(33(39)35-3)20-26-10-5-4-6-11-26/h4-19,21,31H,20,22-23H2,1-3H3,(H,35,39)/t31-/m0/s1. The number of aryl methyl sites for hydroxylation is 2. The molecule has 0 aromatic heterocycles. The second kappa shape index (κ2) is 13.8. The maximum atomic E-state index is 14.3. The Labute approximate surface area is 256 Å². The summed E-state index contributed by atoms with van der Waals surface area (Å²) >= 11 is 3.43. The predicted molar refractivity (Wildman–Crippen MR) is 170 cm³/mol. The average molecular weight is 649 g/mol. The number of nitrogens with zero attached hydrogens (tertiary/aromatic N) is 2. The van der Waals surface area contributed by atoms with Gasteiger partial charge in [-0.3, -0.25) is 13.9 Å². The summed E-state index contributed by atoms with van der Waals surface area (Å²) in [4.78, 5) is 29.2. The number of halogens is 1. The molecule has 9 heteroatoms. The normalized spacial score (nSPS) is 11.9. The van der Waals surface area contributed by atoms with Crippen LogP contribution in [0.2, 0.25) is 0 Å². The van der Waals surface area contributed by atoms with Crippen LogP contribution in [-0.2, 0) is 32.6 Å². The molecule has 0 aliphatic heterocycles. The lowest BCUT2D eigenvalue weighted by Gasteiger charge is -2.33. The van der Waals surface area contributed by atoms with Gasteiger partial charge in [0, 0.05) is 24.5 Å². The van der Waals surface area contributed by atoms with Crippen molar-refractivity contribution in [3.8, 4) is 0 Å². The van der Waals surface area contributed by atoms with Crippen LogP contribution in [0.4, 0.5) is 5.69 Å². The number of hydrogen-bond acceptors (Lipinski definition) is 4. The molecule has 0 spiro atoms. The summed E-state index contributed by atoms with van der Waals surface area (Å²) in [5.41, 5.74) is 3.97. The quantitative estimate of drug-likeness (QED) is 0.228. The van der Waals surface area contributed by atoms with E-state index in [-0.39, 0.29) is 23.8 Å². The Bertz CT molecular complexity index is 1640. The maximum Gasteiger partial charge on any atom is 0.264 e. The monoisotopic (exact) mass is 647 g/mol. The second-order valence-corrected chi connectivity index (χ2v) is 12.9. The number of rotatable bonds is 11. The number of carbonyl (C=O) groups excluding carboxylic acids is 2. The molecule has 4 aromatic carbocycles. The van der Waals surface area contributed by atoms with Crippen molar-refractivity contribution in [2.24, 2.45) is 0 Å². The first-order valence-corrected chi connectivity index (χ1v) is 15.8. The summed E-state index contributed by atoms with van der Waals surface area (Å²) in [6.45, 7) is 3.46. The van der Waals surface area contributed by atoms with Crippen molar-refractivity contribution in [3.05, 3.63) is 130 Å². The van der Waals surface area contributed by atoms with Gasteiger partial charge in [0.2, 0.25) is 11.8 Å². The van der Waals surface area contributed by atoms with Crippen LogP contribution in [-0.4, -0.2) is 44.8 Å². The molecule has 7 nitrogen and oxygen atoms in total. The van der Waals surface area contributed by atoms with Crippen molar-refractivity contribution in [3.63, 3.8) is 0 Å². The first-order chi connectivity index (χ1) is 20.1. The zero-order chi connectivity index (χ0) is 30.3. The number of sulfonamides is 1. The van der Waals surface area contributed by atoms with Crippen molar-refractivity contribution in [1.82, 2.24) is 10.2 Å². The third kappa shape index (κ3) is 7.66. The Balaban J connectivity index is 1.79. The van der Waals surface area contributed by atoms with Crippen LogP contribution >= 0.6 is 15.9 Å². The van der Waals surface area contributed by atoms with Crippen LogP contribution in [0, 0.1) is 13.8 Å². The summed E-state index contributed by atoms with van der Waals surface area (Å²) in [6, 6.07) is 29.6. The van der Waals surface area contributed by atoms with Crippen LogP contribution in [0.15, 0.2) is 112 Å². The van der Waals surface area contributed by atoms with E-state index in [4.69, 9.17) is 0 Å². The van der Waals surface area contributed by atoms with Gasteiger partial charge in [0.05, 0.1) is 10.6 Å². The molecule has 0 unspecified atom stereocenters. The summed E-state index contributed by atoms with van der Waals surface area (Å²) in [5.74, 6) is -0.841. The fraction of sp³-hybridized carbons (Fsp3) is 0.212. The summed E-state index contributed by atoms with van der Waals surface area (Å²) in [6.07, 6.45) is 0.264. The zero-order valence-corrected chi connectivity index (χ0v) is 26.2. The van der Waals surface area contributed by atoms with E-state index in [1.54, 1.807) is 36.4 Å². The molecule has 42 heavy (non-hydrogen) atoms. The first-order valence-electron chi connectivity index (χ1n) is 13.5. The van der Waals surface area contributed by atoms with Crippen molar-refractivity contribution in [2.45, 2.75) is 37.8 Å². The van der Waals surface area contributed by atoms with E-state index in [1.807, 2.05) is 68.4 Å². The van der Waals surface area contributed by atoms with E-state index < -0.39 is 28.5 Å². The lowest BCUT2D eigenvalue weighted by molar-refractivity contribution is -0.139. The fourth-order valence-corrected chi connectivity index (χ4v) is 6.52. The minimum absolute atomic E-state index is 0.0678. The van der Waals surface area contributed by atoms with Crippen molar-refractivity contribution in [2.75, 3.05) is 17.9 Å². The van der Waals surface area contributed by atoms with Crippen LogP contribution < -0.4 is 9.62 Å². The highest BCUT2D eigenvalue weighted by Crippen LogP contribution is 2.27. The van der Waals surface area contributed by atoms with Crippen molar-refractivity contribution < 1.29 is 18.0 Å². The van der Waals surface area contributed by atoms with Crippen LogP contribution in [0.25, 0.3) is 0 Å². The number of hydrogen-bond donors (Lipinski definition) is 1. The molecule has 0 bridgehead atoms. The van der Waals surface area contributed by atoms with Gasteiger partial charge in [-0.25, -0.2) is 8.42 Å². The number of benzene rings is 4. The highest BCUT2D eigenvalue weighted by Gasteiger charge is 2.34. The van der Waals surface area contributed by atoms with Crippen LogP contribution in [0.3, 0.4) is 0 Å². The average Bonchev–Trinajstić information content (AvgIpc) is 2.98. The highest BCUT2D eigenvalue weighted by molar-refractivity contribution is 9.10. The van der Waals surface area contributed by atoms with E-state index in [2.05, 4.69) is 21.2 Å². The van der Waals surface area contributed by atoms with Crippen LogP contribution in [0.1, 0.15) is 22.3 Å². The van der Waals surface area contributed by atoms with E-state index >= 15 is 0 Å². The molecular weight excluding hydrogens is 614 g/mol. The Morgan fingerprint density at radius 3 is 2.12 bits per heavy atom. The number of amides is 2. The highest BCUT2D eigenvalue weighted by atomic mass is 79.9. The molecule has 218 valence electrons. The number of anilines is 1.